The fourth-order valence-corrected chi connectivity index (χ4v) is 2.48. The van der Waals surface area contributed by atoms with E-state index in [2.05, 4.69) is 15.9 Å². The third-order valence-electron chi connectivity index (χ3n) is 2.63. The van der Waals surface area contributed by atoms with Crippen molar-refractivity contribution >= 4 is 44.8 Å². The molecule has 0 aromatic heterocycles. The van der Waals surface area contributed by atoms with E-state index in [1.54, 1.807) is 0 Å². The van der Waals surface area contributed by atoms with Crippen molar-refractivity contribution in [3.63, 3.8) is 0 Å². The van der Waals surface area contributed by atoms with Crippen LogP contribution in [0.2, 0.25) is 10.0 Å². The number of nitro benzene ring substituents is 1. The van der Waals surface area contributed by atoms with E-state index in [0.717, 1.165) is 6.07 Å². The van der Waals surface area contributed by atoms with E-state index in [1.807, 2.05) is 0 Å². The molecule has 8 heteroatoms. The number of halogens is 4. The number of benzene rings is 2. The number of hydrogen-bond donors (Lipinski definition) is 0. The molecule has 0 spiro atoms. The molecule has 0 amide bonds. The Balaban J connectivity index is 2.51. The summed E-state index contributed by atoms with van der Waals surface area (Å²) in [5.41, 5.74) is -0.105. The van der Waals surface area contributed by atoms with E-state index in [-0.39, 0.29) is 38.1 Å². The van der Waals surface area contributed by atoms with Gasteiger partial charge in [-0.3, -0.25) is 10.1 Å². The summed E-state index contributed by atoms with van der Waals surface area (Å²) in [6.45, 7) is 0. The van der Waals surface area contributed by atoms with Gasteiger partial charge in [-0.15, -0.1) is 0 Å². The Morgan fingerprint density at radius 3 is 2.52 bits per heavy atom. The minimum absolute atomic E-state index is 0.0377. The first kappa shape index (κ1) is 16.0. The molecule has 2 aromatic rings. The van der Waals surface area contributed by atoms with Gasteiger partial charge >= 0.3 is 5.69 Å². The van der Waals surface area contributed by atoms with Crippen LogP contribution in [0, 0.1) is 15.9 Å². The minimum atomic E-state index is -0.648. The zero-order valence-electron chi connectivity index (χ0n) is 10.3. The molecular formula is C13H7BrCl2FNO3. The lowest BCUT2D eigenvalue weighted by atomic mass is 10.2. The van der Waals surface area contributed by atoms with E-state index >= 15 is 0 Å². The summed E-state index contributed by atoms with van der Waals surface area (Å²) in [5.74, 6) is -0.428. The van der Waals surface area contributed by atoms with Crippen LogP contribution < -0.4 is 4.74 Å². The molecule has 4 nitrogen and oxygen atoms in total. The van der Waals surface area contributed by atoms with Crippen molar-refractivity contribution in [2.75, 3.05) is 0 Å². The van der Waals surface area contributed by atoms with Gasteiger partial charge in [0.25, 0.3) is 0 Å². The van der Waals surface area contributed by atoms with Crippen LogP contribution in [0.4, 0.5) is 10.1 Å². The lowest BCUT2D eigenvalue weighted by molar-refractivity contribution is -0.385. The second kappa shape index (κ2) is 6.60. The monoisotopic (exact) mass is 393 g/mol. The van der Waals surface area contributed by atoms with E-state index in [1.165, 1.54) is 24.3 Å². The summed E-state index contributed by atoms with van der Waals surface area (Å²) in [6, 6.07) is 6.54. The highest BCUT2D eigenvalue weighted by atomic mass is 79.9. The van der Waals surface area contributed by atoms with Crippen molar-refractivity contribution in [1.29, 1.82) is 0 Å². The average Bonchev–Trinajstić information content (AvgIpc) is 2.42. The standard InChI is InChI=1S/C13H7BrCl2FNO3/c14-6-7-10(17)2-1-3-12(7)21-13-5-9(16)8(15)4-11(13)18(19)20/h1-5H,6H2. The second-order valence-electron chi connectivity index (χ2n) is 3.94. The van der Waals surface area contributed by atoms with Crippen molar-refractivity contribution < 1.29 is 14.1 Å². The molecule has 0 N–H and O–H groups in total. The molecule has 0 aliphatic rings. The maximum atomic E-state index is 13.7. The van der Waals surface area contributed by atoms with Crippen LogP contribution in [0.15, 0.2) is 30.3 Å². The fraction of sp³-hybridized carbons (Fsp3) is 0.0769. The zero-order valence-corrected chi connectivity index (χ0v) is 13.4. The first-order valence-corrected chi connectivity index (χ1v) is 7.46. The SMILES string of the molecule is O=[N+]([O-])c1cc(Cl)c(Cl)cc1Oc1cccc(F)c1CBr. The van der Waals surface area contributed by atoms with Crippen LogP contribution in [0.25, 0.3) is 0 Å². The van der Waals surface area contributed by atoms with Gasteiger partial charge in [-0.25, -0.2) is 4.39 Å². The van der Waals surface area contributed by atoms with E-state index in [4.69, 9.17) is 27.9 Å². The van der Waals surface area contributed by atoms with Crippen molar-refractivity contribution in [1.82, 2.24) is 0 Å². The Morgan fingerprint density at radius 2 is 1.90 bits per heavy atom. The van der Waals surface area contributed by atoms with Gasteiger partial charge in [0, 0.05) is 23.0 Å². The van der Waals surface area contributed by atoms with Crippen molar-refractivity contribution in [3.8, 4) is 11.5 Å². The number of nitrogens with zero attached hydrogens (tertiary/aromatic N) is 1. The highest BCUT2D eigenvalue weighted by Gasteiger charge is 2.20. The molecule has 0 saturated carbocycles. The van der Waals surface area contributed by atoms with Gasteiger partial charge in [0.2, 0.25) is 5.75 Å². The Labute approximate surface area is 137 Å². The molecule has 0 atom stereocenters. The molecule has 0 radical (unpaired) electrons. The van der Waals surface area contributed by atoms with Gasteiger partial charge in [-0.1, -0.05) is 45.2 Å². The van der Waals surface area contributed by atoms with Crippen molar-refractivity contribution in [2.24, 2.45) is 0 Å². The molecule has 2 aromatic carbocycles. The van der Waals surface area contributed by atoms with Crippen LogP contribution >= 0.6 is 39.1 Å². The predicted molar refractivity (Wildman–Crippen MR) is 82.2 cm³/mol. The molecule has 21 heavy (non-hydrogen) atoms. The van der Waals surface area contributed by atoms with E-state index in [0.29, 0.717) is 0 Å². The zero-order chi connectivity index (χ0) is 15.6. The summed E-state index contributed by atoms with van der Waals surface area (Å²) in [4.78, 5) is 10.4. The van der Waals surface area contributed by atoms with Crippen LogP contribution in [0.3, 0.4) is 0 Å². The van der Waals surface area contributed by atoms with Gasteiger partial charge in [-0.05, 0) is 12.1 Å². The molecule has 0 aliphatic carbocycles. The van der Waals surface area contributed by atoms with Gasteiger partial charge in [0.1, 0.15) is 11.6 Å². The molecule has 0 aliphatic heterocycles. The molecule has 0 heterocycles. The predicted octanol–water partition coefficient (Wildman–Crippen LogP) is 5.73. The topological polar surface area (TPSA) is 52.4 Å². The van der Waals surface area contributed by atoms with Gasteiger partial charge in [-0.2, -0.15) is 0 Å². The summed E-state index contributed by atoms with van der Waals surface area (Å²) in [5, 5.41) is 11.4. The highest BCUT2D eigenvalue weighted by Crippen LogP contribution is 2.39. The molecule has 110 valence electrons. The third-order valence-corrected chi connectivity index (χ3v) is 3.91. The Bertz CT molecular complexity index is 712. The summed E-state index contributed by atoms with van der Waals surface area (Å²) in [7, 11) is 0. The van der Waals surface area contributed by atoms with E-state index in [9.17, 15) is 14.5 Å². The normalized spacial score (nSPS) is 10.5. The molecule has 0 fully saturated rings. The van der Waals surface area contributed by atoms with Crippen molar-refractivity contribution in [2.45, 2.75) is 5.33 Å². The maximum Gasteiger partial charge on any atom is 0.313 e. The molecule has 0 unspecified atom stereocenters. The summed E-state index contributed by atoms with van der Waals surface area (Å²) in [6.07, 6.45) is 0. The van der Waals surface area contributed by atoms with Gasteiger partial charge in [0.15, 0.2) is 0 Å². The Morgan fingerprint density at radius 1 is 1.24 bits per heavy atom. The fourth-order valence-electron chi connectivity index (χ4n) is 1.63. The first-order chi connectivity index (χ1) is 9.93. The van der Waals surface area contributed by atoms with Gasteiger partial charge in [0.05, 0.1) is 15.0 Å². The number of alkyl halides is 1. The number of rotatable bonds is 4. The lowest BCUT2D eigenvalue weighted by Crippen LogP contribution is -1.97. The van der Waals surface area contributed by atoms with Crippen LogP contribution in [-0.4, -0.2) is 4.92 Å². The Hall–Kier alpha value is -1.37. The number of nitro groups is 1. The second-order valence-corrected chi connectivity index (χ2v) is 5.32. The van der Waals surface area contributed by atoms with Crippen LogP contribution in [-0.2, 0) is 5.33 Å². The molecule has 2 rings (SSSR count). The van der Waals surface area contributed by atoms with Crippen LogP contribution in [0.5, 0.6) is 11.5 Å². The number of hydrogen-bond acceptors (Lipinski definition) is 3. The molecular weight excluding hydrogens is 388 g/mol. The first-order valence-electron chi connectivity index (χ1n) is 5.58. The third kappa shape index (κ3) is 3.45. The van der Waals surface area contributed by atoms with Crippen molar-refractivity contribution in [3.05, 3.63) is 61.9 Å². The minimum Gasteiger partial charge on any atom is -0.450 e. The lowest BCUT2D eigenvalue weighted by Gasteiger charge is -2.11. The Kier molecular flexibility index (Phi) is 5.03. The number of ether oxygens (including phenoxy) is 1. The quantitative estimate of drug-likeness (QED) is 0.378. The molecule has 0 saturated heterocycles. The average molecular weight is 395 g/mol. The summed E-state index contributed by atoms with van der Waals surface area (Å²) >= 11 is 14.7. The smallest absolute Gasteiger partial charge is 0.313 e. The summed E-state index contributed by atoms with van der Waals surface area (Å²) < 4.78 is 19.1. The highest BCUT2D eigenvalue weighted by molar-refractivity contribution is 9.08. The maximum absolute atomic E-state index is 13.7. The largest absolute Gasteiger partial charge is 0.450 e. The van der Waals surface area contributed by atoms with Gasteiger partial charge < -0.3 is 4.74 Å². The van der Waals surface area contributed by atoms with E-state index < -0.39 is 10.7 Å². The molecule has 0 bridgehead atoms. The van der Waals surface area contributed by atoms with Crippen LogP contribution in [0.1, 0.15) is 5.56 Å².